The van der Waals surface area contributed by atoms with Crippen molar-refractivity contribution < 1.29 is 4.79 Å². The lowest BCUT2D eigenvalue weighted by atomic mass is 9.87. The summed E-state index contributed by atoms with van der Waals surface area (Å²) in [5.41, 5.74) is 0. The van der Waals surface area contributed by atoms with E-state index in [1.165, 1.54) is 25.8 Å². The monoisotopic (exact) mass is 279 g/mol. The summed E-state index contributed by atoms with van der Waals surface area (Å²) >= 11 is 0. The van der Waals surface area contributed by atoms with Crippen molar-refractivity contribution in [1.82, 2.24) is 15.1 Å². The summed E-state index contributed by atoms with van der Waals surface area (Å²) < 4.78 is 0. The van der Waals surface area contributed by atoms with Gasteiger partial charge >= 0.3 is 0 Å². The van der Waals surface area contributed by atoms with Gasteiger partial charge in [-0.25, -0.2) is 0 Å². The van der Waals surface area contributed by atoms with Crippen LogP contribution in [-0.4, -0.2) is 60.5 Å². The molecule has 3 atom stereocenters. The number of piperidine rings is 1. The number of amides is 1. The average Bonchev–Trinajstić information content (AvgIpc) is 3.09. The van der Waals surface area contributed by atoms with Crippen LogP contribution in [0.25, 0.3) is 0 Å². The zero-order chi connectivity index (χ0) is 14.1. The summed E-state index contributed by atoms with van der Waals surface area (Å²) in [5, 5.41) is 3.58. The second-order valence-electron chi connectivity index (χ2n) is 6.91. The largest absolute Gasteiger partial charge is 0.342 e. The SMILES string of the molecule is CCCN1CCC(N(C)C(=O)C2CC3CCC2N3)CC1. The van der Waals surface area contributed by atoms with Crippen molar-refractivity contribution in [3.8, 4) is 0 Å². The average molecular weight is 279 g/mol. The number of carbonyl (C=O) groups excluding carboxylic acids is 1. The minimum atomic E-state index is 0.257. The van der Waals surface area contributed by atoms with Gasteiger partial charge in [-0.1, -0.05) is 6.92 Å². The Kier molecular flexibility index (Phi) is 4.32. The maximum atomic E-state index is 12.7. The van der Waals surface area contributed by atoms with Crippen LogP contribution in [0.3, 0.4) is 0 Å². The first-order chi connectivity index (χ1) is 9.69. The summed E-state index contributed by atoms with van der Waals surface area (Å²) in [6, 6.07) is 1.55. The summed E-state index contributed by atoms with van der Waals surface area (Å²) in [6.45, 7) is 5.76. The molecule has 0 aromatic heterocycles. The molecule has 3 aliphatic rings. The first-order valence-corrected chi connectivity index (χ1v) is 8.44. The van der Waals surface area contributed by atoms with Gasteiger partial charge < -0.3 is 15.1 Å². The first-order valence-electron chi connectivity index (χ1n) is 8.44. The number of carbonyl (C=O) groups is 1. The smallest absolute Gasteiger partial charge is 0.227 e. The molecule has 0 saturated carbocycles. The molecule has 3 rings (SSSR count). The second kappa shape index (κ2) is 6.02. The van der Waals surface area contributed by atoms with Gasteiger partial charge in [0.1, 0.15) is 0 Å². The van der Waals surface area contributed by atoms with E-state index in [0.717, 1.165) is 32.4 Å². The van der Waals surface area contributed by atoms with Gasteiger partial charge in [0.25, 0.3) is 0 Å². The molecule has 0 aromatic rings. The van der Waals surface area contributed by atoms with Gasteiger partial charge in [0.15, 0.2) is 0 Å². The number of hydrogen-bond acceptors (Lipinski definition) is 3. The van der Waals surface area contributed by atoms with Crippen molar-refractivity contribution >= 4 is 5.91 Å². The molecule has 4 heteroatoms. The molecule has 0 spiro atoms. The van der Waals surface area contributed by atoms with E-state index >= 15 is 0 Å². The zero-order valence-electron chi connectivity index (χ0n) is 13.0. The van der Waals surface area contributed by atoms with Crippen molar-refractivity contribution in [3.63, 3.8) is 0 Å². The Morgan fingerprint density at radius 1 is 1.25 bits per heavy atom. The quantitative estimate of drug-likeness (QED) is 0.846. The summed E-state index contributed by atoms with van der Waals surface area (Å²) in [6.07, 6.45) is 7.07. The molecule has 20 heavy (non-hydrogen) atoms. The molecule has 2 bridgehead atoms. The third kappa shape index (κ3) is 2.73. The number of hydrogen-bond donors (Lipinski definition) is 1. The van der Waals surface area contributed by atoms with Crippen LogP contribution in [0, 0.1) is 5.92 Å². The molecular formula is C16H29N3O. The molecule has 0 aliphatic carbocycles. The Bertz CT molecular complexity index is 352. The second-order valence-corrected chi connectivity index (χ2v) is 6.91. The fourth-order valence-electron chi connectivity index (χ4n) is 4.39. The Hall–Kier alpha value is -0.610. The summed E-state index contributed by atoms with van der Waals surface area (Å²) in [5.74, 6) is 0.658. The Morgan fingerprint density at radius 2 is 2.00 bits per heavy atom. The van der Waals surface area contributed by atoms with Gasteiger partial charge in [-0.05, 0) is 45.1 Å². The third-order valence-corrected chi connectivity index (χ3v) is 5.61. The minimum absolute atomic E-state index is 0.257. The number of likely N-dealkylation sites (tertiary alicyclic amines) is 1. The van der Waals surface area contributed by atoms with E-state index in [2.05, 4.69) is 22.0 Å². The number of nitrogens with zero attached hydrogens (tertiary/aromatic N) is 2. The highest BCUT2D eigenvalue weighted by Gasteiger charge is 2.44. The molecule has 3 heterocycles. The minimum Gasteiger partial charge on any atom is -0.342 e. The fraction of sp³-hybridized carbons (Fsp3) is 0.938. The molecule has 0 radical (unpaired) electrons. The molecule has 1 N–H and O–H groups in total. The lowest BCUT2D eigenvalue weighted by molar-refractivity contribution is -0.137. The van der Waals surface area contributed by atoms with Gasteiger partial charge in [-0.15, -0.1) is 0 Å². The van der Waals surface area contributed by atoms with Crippen LogP contribution in [0.2, 0.25) is 0 Å². The summed E-state index contributed by atoms with van der Waals surface area (Å²) in [7, 11) is 2.04. The van der Waals surface area contributed by atoms with E-state index in [0.29, 0.717) is 24.0 Å². The van der Waals surface area contributed by atoms with E-state index in [4.69, 9.17) is 0 Å². The number of nitrogens with one attached hydrogen (secondary N) is 1. The molecule has 114 valence electrons. The molecule has 3 saturated heterocycles. The van der Waals surface area contributed by atoms with Crippen LogP contribution in [0.1, 0.15) is 45.4 Å². The van der Waals surface area contributed by atoms with Gasteiger partial charge in [0, 0.05) is 38.3 Å². The Morgan fingerprint density at radius 3 is 2.55 bits per heavy atom. The molecule has 4 nitrogen and oxygen atoms in total. The van der Waals surface area contributed by atoms with Crippen molar-refractivity contribution in [2.24, 2.45) is 5.92 Å². The summed E-state index contributed by atoms with van der Waals surface area (Å²) in [4.78, 5) is 17.3. The molecule has 0 aromatic carbocycles. The Labute approximate surface area is 122 Å². The van der Waals surface area contributed by atoms with Crippen LogP contribution in [0.5, 0.6) is 0 Å². The molecule has 3 aliphatic heterocycles. The van der Waals surface area contributed by atoms with Gasteiger partial charge in [0.2, 0.25) is 5.91 Å². The van der Waals surface area contributed by atoms with Gasteiger partial charge in [-0.2, -0.15) is 0 Å². The van der Waals surface area contributed by atoms with Gasteiger partial charge in [0.05, 0.1) is 5.92 Å². The van der Waals surface area contributed by atoms with Crippen LogP contribution in [0.15, 0.2) is 0 Å². The molecular weight excluding hydrogens is 250 g/mol. The predicted octanol–water partition coefficient (Wildman–Crippen LogP) is 1.46. The maximum Gasteiger partial charge on any atom is 0.227 e. The van der Waals surface area contributed by atoms with Gasteiger partial charge in [-0.3, -0.25) is 4.79 Å². The Balaban J connectivity index is 1.51. The van der Waals surface area contributed by atoms with E-state index in [1.807, 2.05) is 7.05 Å². The highest BCUT2D eigenvalue weighted by atomic mass is 16.2. The van der Waals surface area contributed by atoms with Crippen molar-refractivity contribution in [1.29, 1.82) is 0 Å². The standard InChI is InChI=1S/C16H29N3O/c1-3-8-19-9-6-13(7-10-19)18(2)16(20)14-11-12-4-5-15(14)17-12/h12-15,17H,3-11H2,1-2H3. The molecule has 1 amide bonds. The lowest BCUT2D eigenvalue weighted by Gasteiger charge is -2.38. The van der Waals surface area contributed by atoms with Crippen molar-refractivity contribution in [3.05, 3.63) is 0 Å². The lowest BCUT2D eigenvalue weighted by Crippen LogP contribution is -2.48. The molecule has 3 unspecified atom stereocenters. The van der Waals surface area contributed by atoms with Crippen LogP contribution >= 0.6 is 0 Å². The highest BCUT2D eigenvalue weighted by molar-refractivity contribution is 5.80. The van der Waals surface area contributed by atoms with E-state index in [-0.39, 0.29) is 5.92 Å². The van der Waals surface area contributed by atoms with Crippen LogP contribution in [0.4, 0.5) is 0 Å². The first kappa shape index (κ1) is 14.3. The van der Waals surface area contributed by atoms with E-state index < -0.39 is 0 Å². The number of rotatable bonds is 4. The third-order valence-electron chi connectivity index (χ3n) is 5.61. The number of fused-ring (bicyclic) bond motifs is 2. The maximum absolute atomic E-state index is 12.7. The topological polar surface area (TPSA) is 35.6 Å². The highest BCUT2D eigenvalue weighted by Crippen LogP contribution is 2.34. The molecule has 3 fully saturated rings. The van der Waals surface area contributed by atoms with E-state index in [1.54, 1.807) is 0 Å². The van der Waals surface area contributed by atoms with E-state index in [9.17, 15) is 4.79 Å². The van der Waals surface area contributed by atoms with Crippen molar-refractivity contribution in [2.75, 3.05) is 26.7 Å². The predicted molar refractivity (Wildman–Crippen MR) is 80.6 cm³/mol. The van der Waals surface area contributed by atoms with Crippen molar-refractivity contribution in [2.45, 2.75) is 63.6 Å². The van der Waals surface area contributed by atoms with Crippen LogP contribution in [-0.2, 0) is 4.79 Å². The zero-order valence-corrected chi connectivity index (χ0v) is 13.0. The normalized spacial score (nSPS) is 34.6. The van der Waals surface area contributed by atoms with Crippen LogP contribution < -0.4 is 5.32 Å². The fourth-order valence-corrected chi connectivity index (χ4v) is 4.39.